The third-order valence-corrected chi connectivity index (χ3v) is 4.68. The molecule has 6 heteroatoms. The first-order valence-corrected chi connectivity index (χ1v) is 9.19. The third kappa shape index (κ3) is 4.46. The van der Waals surface area contributed by atoms with Gasteiger partial charge in [-0.05, 0) is 62.3 Å². The van der Waals surface area contributed by atoms with Gasteiger partial charge in [-0.15, -0.1) is 0 Å². The molecule has 5 nitrogen and oxygen atoms in total. The van der Waals surface area contributed by atoms with E-state index in [1.165, 1.54) is 0 Å². The Kier molecular flexibility index (Phi) is 5.76. The van der Waals surface area contributed by atoms with Gasteiger partial charge in [0.05, 0.1) is 30.7 Å². The highest BCUT2D eigenvalue weighted by Gasteiger charge is 2.13. The summed E-state index contributed by atoms with van der Waals surface area (Å²) in [5, 5.41) is 11.8. The van der Waals surface area contributed by atoms with Crippen molar-refractivity contribution in [2.24, 2.45) is 0 Å². The Labute approximate surface area is 165 Å². The predicted molar refractivity (Wildman–Crippen MR) is 115 cm³/mol. The summed E-state index contributed by atoms with van der Waals surface area (Å²) in [5.74, 6) is 0.844. The lowest BCUT2D eigenvalue weighted by Crippen LogP contribution is -2.20. The molecule has 0 saturated carbocycles. The van der Waals surface area contributed by atoms with Crippen LogP contribution in [0.25, 0.3) is 0 Å². The summed E-state index contributed by atoms with van der Waals surface area (Å²) in [7, 11) is 1.67. The number of aryl methyl sites for hydroxylation is 2. The van der Waals surface area contributed by atoms with Crippen molar-refractivity contribution in [1.29, 1.82) is 0 Å². The summed E-state index contributed by atoms with van der Waals surface area (Å²) >= 11 is 5.49. The Bertz CT molecular complexity index is 965. The summed E-state index contributed by atoms with van der Waals surface area (Å²) in [4.78, 5) is 0. The minimum Gasteiger partial charge on any atom is -0.497 e. The van der Waals surface area contributed by atoms with Gasteiger partial charge in [-0.1, -0.05) is 30.3 Å². The molecule has 27 heavy (non-hydrogen) atoms. The van der Waals surface area contributed by atoms with E-state index in [2.05, 4.69) is 21.8 Å². The van der Waals surface area contributed by atoms with Crippen LogP contribution in [-0.4, -0.2) is 22.0 Å². The quantitative estimate of drug-likeness (QED) is 0.630. The summed E-state index contributed by atoms with van der Waals surface area (Å²) in [6, 6.07) is 16.1. The fourth-order valence-electron chi connectivity index (χ4n) is 2.96. The molecule has 0 saturated heterocycles. The Balaban J connectivity index is 1.75. The van der Waals surface area contributed by atoms with Crippen LogP contribution < -0.4 is 15.4 Å². The van der Waals surface area contributed by atoms with E-state index in [0.717, 1.165) is 39.6 Å². The number of nitrogens with zero attached hydrogens (tertiary/aromatic N) is 2. The lowest BCUT2D eigenvalue weighted by molar-refractivity contribution is 0.414. The van der Waals surface area contributed by atoms with Crippen LogP contribution >= 0.6 is 12.2 Å². The molecule has 1 heterocycles. The number of ether oxygens (including phenoxy) is 1. The number of hydrogen-bond donors (Lipinski definition) is 2. The van der Waals surface area contributed by atoms with Crippen LogP contribution in [0.5, 0.6) is 5.75 Å². The minimum absolute atomic E-state index is 0.552. The fraction of sp³-hybridized carbons (Fsp3) is 0.238. The summed E-state index contributed by atoms with van der Waals surface area (Å²) < 4.78 is 7.28. The Morgan fingerprint density at radius 3 is 2.59 bits per heavy atom. The average molecular weight is 381 g/mol. The Morgan fingerprint density at radius 1 is 1.07 bits per heavy atom. The highest BCUT2D eigenvalue weighted by molar-refractivity contribution is 7.80. The van der Waals surface area contributed by atoms with Crippen LogP contribution in [0, 0.1) is 20.8 Å². The number of para-hydroxylation sites is 1. The van der Waals surface area contributed by atoms with E-state index in [9.17, 15) is 0 Å². The number of rotatable bonds is 5. The SMILES string of the molecule is COc1cccc(Cn2nc(C)c(NC(=S)Nc3ccccc3C)c2C)c1. The number of hydrogen-bond acceptors (Lipinski definition) is 3. The van der Waals surface area contributed by atoms with Gasteiger partial charge in [0, 0.05) is 5.69 Å². The largest absolute Gasteiger partial charge is 0.497 e. The standard InChI is InChI=1S/C21H24N4OS/c1-14-8-5-6-11-19(14)22-21(27)23-20-15(2)24-25(16(20)3)13-17-9-7-10-18(12-17)26-4/h5-12H,13H2,1-4H3,(H2,22,23,27). The van der Waals surface area contributed by atoms with Gasteiger partial charge in [0.25, 0.3) is 0 Å². The number of methoxy groups -OCH3 is 1. The number of nitrogens with one attached hydrogen (secondary N) is 2. The van der Waals surface area contributed by atoms with Crippen molar-refractivity contribution < 1.29 is 4.74 Å². The van der Waals surface area contributed by atoms with Crippen molar-refractivity contribution in [1.82, 2.24) is 9.78 Å². The third-order valence-electron chi connectivity index (χ3n) is 4.48. The average Bonchev–Trinajstić information content (AvgIpc) is 2.91. The second-order valence-corrected chi connectivity index (χ2v) is 6.86. The van der Waals surface area contributed by atoms with Crippen LogP contribution in [-0.2, 0) is 6.54 Å². The van der Waals surface area contributed by atoms with E-state index in [1.54, 1.807) is 7.11 Å². The maximum Gasteiger partial charge on any atom is 0.175 e. The summed E-state index contributed by atoms with van der Waals surface area (Å²) in [6.07, 6.45) is 0. The lowest BCUT2D eigenvalue weighted by atomic mass is 10.2. The molecule has 0 fully saturated rings. The molecule has 2 aromatic carbocycles. The smallest absolute Gasteiger partial charge is 0.175 e. The van der Waals surface area contributed by atoms with Gasteiger partial charge in [-0.25, -0.2) is 0 Å². The number of benzene rings is 2. The molecule has 0 aliphatic rings. The van der Waals surface area contributed by atoms with E-state index >= 15 is 0 Å². The van der Waals surface area contributed by atoms with Gasteiger partial charge in [0.2, 0.25) is 0 Å². The van der Waals surface area contributed by atoms with E-state index in [0.29, 0.717) is 11.7 Å². The van der Waals surface area contributed by atoms with Crippen molar-refractivity contribution in [2.75, 3.05) is 17.7 Å². The number of anilines is 2. The molecule has 0 aliphatic heterocycles. The van der Waals surface area contributed by atoms with Crippen LogP contribution in [0.4, 0.5) is 11.4 Å². The molecule has 2 N–H and O–H groups in total. The molecular formula is C21H24N4OS. The summed E-state index contributed by atoms with van der Waals surface area (Å²) in [6.45, 7) is 6.74. The van der Waals surface area contributed by atoms with Crippen molar-refractivity contribution in [3.05, 3.63) is 71.0 Å². The van der Waals surface area contributed by atoms with Gasteiger partial charge < -0.3 is 15.4 Å². The van der Waals surface area contributed by atoms with Crippen molar-refractivity contribution in [2.45, 2.75) is 27.3 Å². The van der Waals surface area contributed by atoms with Crippen LogP contribution in [0.2, 0.25) is 0 Å². The van der Waals surface area contributed by atoms with Crippen molar-refractivity contribution >= 4 is 28.7 Å². The first kappa shape index (κ1) is 18.9. The first-order valence-electron chi connectivity index (χ1n) is 8.78. The van der Waals surface area contributed by atoms with Crippen LogP contribution in [0.3, 0.4) is 0 Å². The molecule has 3 aromatic rings. The molecule has 0 radical (unpaired) electrons. The zero-order valence-electron chi connectivity index (χ0n) is 16.0. The zero-order valence-corrected chi connectivity index (χ0v) is 16.9. The summed E-state index contributed by atoms with van der Waals surface area (Å²) in [5.41, 5.74) is 6.14. The molecule has 0 spiro atoms. The molecule has 140 valence electrons. The number of aromatic nitrogens is 2. The minimum atomic E-state index is 0.552. The van der Waals surface area contributed by atoms with Gasteiger partial charge in [0.15, 0.2) is 5.11 Å². The Hall–Kier alpha value is -2.86. The number of thiocarbonyl (C=S) groups is 1. The zero-order chi connectivity index (χ0) is 19.4. The topological polar surface area (TPSA) is 51.1 Å². The van der Waals surface area contributed by atoms with E-state index in [-0.39, 0.29) is 0 Å². The van der Waals surface area contributed by atoms with Crippen molar-refractivity contribution in [3.63, 3.8) is 0 Å². The second kappa shape index (κ2) is 8.22. The Morgan fingerprint density at radius 2 is 1.85 bits per heavy atom. The van der Waals surface area contributed by atoms with E-state index in [4.69, 9.17) is 17.0 Å². The van der Waals surface area contributed by atoms with Crippen LogP contribution in [0.1, 0.15) is 22.5 Å². The molecule has 0 amide bonds. The van der Waals surface area contributed by atoms with Gasteiger partial charge in [0.1, 0.15) is 5.75 Å². The second-order valence-electron chi connectivity index (χ2n) is 6.45. The van der Waals surface area contributed by atoms with Gasteiger partial charge in [-0.3, -0.25) is 4.68 Å². The molecule has 3 rings (SSSR count). The molecule has 0 bridgehead atoms. The molecule has 0 aliphatic carbocycles. The molecule has 1 aromatic heterocycles. The normalized spacial score (nSPS) is 10.5. The molecule has 0 atom stereocenters. The highest BCUT2D eigenvalue weighted by atomic mass is 32.1. The first-order chi connectivity index (χ1) is 13.0. The fourth-order valence-corrected chi connectivity index (χ4v) is 3.17. The van der Waals surface area contributed by atoms with Crippen LogP contribution in [0.15, 0.2) is 48.5 Å². The van der Waals surface area contributed by atoms with Crippen molar-refractivity contribution in [3.8, 4) is 5.75 Å². The van der Waals surface area contributed by atoms with E-state index in [1.807, 2.05) is 67.9 Å². The molecule has 0 unspecified atom stereocenters. The lowest BCUT2D eigenvalue weighted by Gasteiger charge is -2.13. The maximum absolute atomic E-state index is 5.49. The van der Waals surface area contributed by atoms with Gasteiger partial charge in [-0.2, -0.15) is 5.10 Å². The van der Waals surface area contributed by atoms with E-state index < -0.39 is 0 Å². The predicted octanol–water partition coefficient (Wildman–Crippen LogP) is 4.67. The van der Waals surface area contributed by atoms with Gasteiger partial charge >= 0.3 is 0 Å². The maximum atomic E-state index is 5.49. The molecular weight excluding hydrogens is 356 g/mol. The monoisotopic (exact) mass is 380 g/mol. The highest BCUT2D eigenvalue weighted by Crippen LogP contribution is 2.22.